The van der Waals surface area contributed by atoms with Crippen LogP contribution in [0.1, 0.15) is 10.5 Å². The van der Waals surface area contributed by atoms with Gasteiger partial charge in [0.05, 0.1) is 0 Å². The van der Waals surface area contributed by atoms with Gasteiger partial charge >= 0.3 is 5.97 Å². The molecule has 1 aromatic heterocycles. The molecule has 100 valence electrons. The Labute approximate surface area is 123 Å². The number of hydrogen-bond acceptors (Lipinski definition) is 4. The highest BCUT2D eigenvalue weighted by Crippen LogP contribution is 2.31. The van der Waals surface area contributed by atoms with Gasteiger partial charge in [0.25, 0.3) is 0 Å². The molecule has 5 nitrogen and oxygen atoms in total. The van der Waals surface area contributed by atoms with Gasteiger partial charge in [-0.05, 0) is 35.0 Å². The van der Waals surface area contributed by atoms with Crippen LogP contribution in [0.4, 0.5) is 0 Å². The van der Waals surface area contributed by atoms with Crippen molar-refractivity contribution in [1.29, 1.82) is 0 Å². The number of nitrogens with zero attached hydrogens (tertiary/aromatic N) is 2. The number of aromatic amines is 1. The first kappa shape index (κ1) is 13.0. The summed E-state index contributed by atoms with van der Waals surface area (Å²) in [6.45, 7) is 0. The van der Waals surface area contributed by atoms with Crippen LogP contribution in [0, 0.1) is 0 Å². The molecule has 0 spiro atoms. The maximum atomic E-state index is 11.0. The van der Waals surface area contributed by atoms with Crippen molar-refractivity contribution in [2.45, 2.75) is 9.92 Å². The molecule has 0 saturated heterocycles. The van der Waals surface area contributed by atoms with Gasteiger partial charge in [0.15, 0.2) is 10.7 Å². The normalized spacial score (nSPS) is 10.8. The molecule has 0 atom stereocenters. The van der Waals surface area contributed by atoms with Crippen molar-refractivity contribution in [2.24, 2.45) is 0 Å². The SMILES string of the molecule is O=C(O)c1[nH]nnc1Sc1ccc2cc(Cl)ccc2c1. The van der Waals surface area contributed by atoms with Crippen molar-refractivity contribution in [3.05, 3.63) is 47.1 Å². The smallest absolute Gasteiger partial charge is 0.356 e. The lowest BCUT2D eigenvalue weighted by atomic mass is 10.1. The van der Waals surface area contributed by atoms with Crippen molar-refractivity contribution in [1.82, 2.24) is 15.4 Å². The number of carboxylic acid groups (broad SMARTS) is 1. The molecule has 0 radical (unpaired) electrons. The number of rotatable bonds is 3. The van der Waals surface area contributed by atoms with E-state index in [1.54, 1.807) is 0 Å². The van der Waals surface area contributed by atoms with E-state index < -0.39 is 5.97 Å². The van der Waals surface area contributed by atoms with Gasteiger partial charge in [-0.15, -0.1) is 5.10 Å². The van der Waals surface area contributed by atoms with E-state index >= 15 is 0 Å². The zero-order valence-electron chi connectivity index (χ0n) is 10.0. The lowest BCUT2D eigenvalue weighted by molar-refractivity contribution is 0.0686. The van der Waals surface area contributed by atoms with Gasteiger partial charge in [-0.2, -0.15) is 0 Å². The van der Waals surface area contributed by atoms with Crippen LogP contribution in [-0.4, -0.2) is 26.5 Å². The van der Waals surface area contributed by atoms with E-state index in [-0.39, 0.29) is 5.69 Å². The number of carboxylic acids is 1. The minimum absolute atomic E-state index is 0.00815. The van der Waals surface area contributed by atoms with Gasteiger partial charge in [0.1, 0.15) is 0 Å². The molecule has 0 amide bonds. The first-order valence-corrected chi connectivity index (χ1v) is 6.84. The third-order valence-corrected chi connectivity index (χ3v) is 3.92. The number of aromatic nitrogens is 3. The van der Waals surface area contributed by atoms with Crippen LogP contribution in [0.2, 0.25) is 5.02 Å². The summed E-state index contributed by atoms with van der Waals surface area (Å²) in [5, 5.41) is 21.7. The van der Waals surface area contributed by atoms with Gasteiger partial charge in [-0.1, -0.05) is 40.7 Å². The molecule has 0 bridgehead atoms. The van der Waals surface area contributed by atoms with Crippen molar-refractivity contribution < 1.29 is 9.90 Å². The number of fused-ring (bicyclic) bond motifs is 1. The van der Waals surface area contributed by atoms with Crippen LogP contribution in [0.3, 0.4) is 0 Å². The predicted octanol–water partition coefficient (Wildman–Crippen LogP) is 3.46. The Balaban J connectivity index is 1.96. The first-order valence-electron chi connectivity index (χ1n) is 5.65. The number of nitrogens with one attached hydrogen (secondary N) is 1. The molecule has 7 heteroatoms. The molecule has 2 aromatic carbocycles. The van der Waals surface area contributed by atoms with Crippen LogP contribution < -0.4 is 0 Å². The summed E-state index contributed by atoms with van der Waals surface area (Å²) in [6, 6.07) is 11.4. The van der Waals surface area contributed by atoms with Crippen LogP contribution in [0.5, 0.6) is 0 Å². The molecule has 3 rings (SSSR count). The third kappa shape index (κ3) is 2.48. The Bertz CT molecular complexity index is 803. The van der Waals surface area contributed by atoms with E-state index in [1.807, 2.05) is 36.4 Å². The van der Waals surface area contributed by atoms with Crippen molar-refractivity contribution in [2.75, 3.05) is 0 Å². The highest BCUT2D eigenvalue weighted by Gasteiger charge is 2.15. The average molecular weight is 306 g/mol. The number of carbonyl (C=O) groups is 1. The number of aromatic carboxylic acids is 1. The van der Waals surface area contributed by atoms with Crippen LogP contribution in [-0.2, 0) is 0 Å². The Morgan fingerprint density at radius 3 is 2.75 bits per heavy atom. The fraction of sp³-hybridized carbons (Fsp3) is 0. The number of halogens is 1. The largest absolute Gasteiger partial charge is 0.476 e. The Hall–Kier alpha value is -2.05. The molecule has 20 heavy (non-hydrogen) atoms. The van der Waals surface area contributed by atoms with Crippen molar-refractivity contribution in [3.63, 3.8) is 0 Å². The van der Waals surface area contributed by atoms with Crippen LogP contribution in [0.15, 0.2) is 46.3 Å². The summed E-state index contributed by atoms with van der Waals surface area (Å²) in [7, 11) is 0. The Morgan fingerprint density at radius 1 is 1.20 bits per heavy atom. The average Bonchev–Trinajstić information content (AvgIpc) is 2.87. The van der Waals surface area contributed by atoms with E-state index in [9.17, 15) is 4.79 Å². The second-order valence-corrected chi connectivity index (χ2v) is 5.55. The van der Waals surface area contributed by atoms with Crippen LogP contribution in [0.25, 0.3) is 10.8 Å². The Morgan fingerprint density at radius 2 is 1.95 bits per heavy atom. The fourth-order valence-electron chi connectivity index (χ4n) is 1.80. The van der Waals surface area contributed by atoms with Gasteiger partial charge < -0.3 is 5.11 Å². The van der Waals surface area contributed by atoms with Crippen molar-refractivity contribution in [3.8, 4) is 0 Å². The van der Waals surface area contributed by atoms with Gasteiger partial charge in [-0.3, -0.25) is 5.10 Å². The molecule has 2 N–H and O–H groups in total. The lowest BCUT2D eigenvalue weighted by Gasteiger charge is -2.02. The fourth-order valence-corrected chi connectivity index (χ4v) is 2.84. The highest BCUT2D eigenvalue weighted by atomic mass is 35.5. The minimum Gasteiger partial charge on any atom is -0.476 e. The minimum atomic E-state index is -1.08. The number of benzene rings is 2. The van der Waals surface area contributed by atoms with E-state index in [0.717, 1.165) is 15.7 Å². The summed E-state index contributed by atoms with van der Waals surface area (Å²) in [5.41, 5.74) is -0.00815. The summed E-state index contributed by atoms with van der Waals surface area (Å²) < 4.78 is 0. The Kier molecular flexibility index (Phi) is 3.33. The second kappa shape index (κ2) is 5.15. The maximum absolute atomic E-state index is 11.0. The molecular weight excluding hydrogens is 298 g/mol. The first-order chi connectivity index (χ1) is 9.63. The van der Waals surface area contributed by atoms with E-state index in [2.05, 4.69) is 15.4 Å². The quantitative estimate of drug-likeness (QED) is 0.774. The summed E-state index contributed by atoms with van der Waals surface area (Å²) >= 11 is 7.19. The molecule has 0 saturated carbocycles. The van der Waals surface area contributed by atoms with E-state index in [0.29, 0.717) is 10.0 Å². The molecule has 1 heterocycles. The molecule has 0 aliphatic rings. The zero-order valence-corrected chi connectivity index (χ0v) is 11.6. The molecule has 0 unspecified atom stereocenters. The summed E-state index contributed by atoms with van der Waals surface area (Å²) in [6.07, 6.45) is 0. The molecule has 0 aliphatic carbocycles. The predicted molar refractivity (Wildman–Crippen MR) is 76.4 cm³/mol. The van der Waals surface area contributed by atoms with E-state index in [1.165, 1.54) is 11.8 Å². The summed E-state index contributed by atoms with van der Waals surface area (Å²) in [5.74, 6) is -1.08. The lowest BCUT2D eigenvalue weighted by Crippen LogP contribution is -1.98. The van der Waals surface area contributed by atoms with Crippen LogP contribution >= 0.6 is 23.4 Å². The highest BCUT2D eigenvalue weighted by molar-refractivity contribution is 7.99. The topological polar surface area (TPSA) is 78.9 Å². The maximum Gasteiger partial charge on any atom is 0.356 e. The standard InChI is InChI=1S/C13H8ClN3O2S/c14-9-3-1-8-6-10(4-2-7(8)5-9)20-12-11(13(18)19)15-17-16-12/h1-6H,(H,18,19)(H,15,16,17). The molecule has 0 fully saturated rings. The number of hydrogen-bond donors (Lipinski definition) is 2. The number of H-pyrrole nitrogens is 1. The molecule has 0 aliphatic heterocycles. The van der Waals surface area contributed by atoms with Gasteiger partial charge in [-0.25, -0.2) is 4.79 Å². The summed E-state index contributed by atoms with van der Waals surface area (Å²) in [4.78, 5) is 11.9. The second-order valence-electron chi connectivity index (χ2n) is 4.05. The van der Waals surface area contributed by atoms with Gasteiger partial charge in [0.2, 0.25) is 0 Å². The van der Waals surface area contributed by atoms with Crippen molar-refractivity contribution >= 4 is 40.1 Å². The molecular formula is C13H8ClN3O2S. The zero-order chi connectivity index (χ0) is 14.1. The van der Waals surface area contributed by atoms with E-state index in [4.69, 9.17) is 16.7 Å². The van der Waals surface area contributed by atoms with Gasteiger partial charge in [0, 0.05) is 9.92 Å². The third-order valence-electron chi connectivity index (χ3n) is 2.72. The molecule has 3 aromatic rings. The monoisotopic (exact) mass is 305 g/mol.